The van der Waals surface area contributed by atoms with Gasteiger partial charge in [-0.15, -0.1) is 0 Å². The summed E-state index contributed by atoms with van der Waals surface area (Å²) in [5.74, 6) is 0.0781. The third-order valence-corrected chi connectivity index (χ3v) is 4.96. The van der Waals surface area contributed by atoms with Crippen molar-refractivity contribution < 1.29 is 9.90 Å². The highest BCUT2D eigenvalue weighted by Gasteiger charge is 2.22. The highest BCUT2D eigenvalue weighted by molar-refractivity contribution is 7.80. The van der Waals surface area contributed by atoms with Gasteiger partial charge in [-0.1, -0.05) is 26.2 Å². The number of carbonyl (C=O) groups excluding carboxylic acids is 1. The van der Waals surface area contributed by atoms with E-state index in [9.17, 15) is 9.90 Å². The van der Waals surface area contributed by atoms with Crippen LogP contribution in [0.2, 0.25) is 0 Å². The van der Waals surface area contributed by atoms with Crippen LogP contribution in [0.15, 0.2) is 23.3 Å². The number of hydrogen-bond donors (Lipinski definition) is 4. The number of nitrogens with one attached hydrogen (secondary N) is 3. The molecule has 0 aromatic heterocycles. The van der Waals surface area contributed by atoms with Crippen molar-refractivity contribution in [2.75, 3.05) is 5.32 Å². The van der Waals surface area contributed by atoms with Crippen LogP contribution in [-0.2, 0) is 4.79 Å². The van der Waals surface area contributed by atoms with Gasteiger partial charge in [0, 0.05) is 23.9 Å². The number of carbonyl (C=O) groups is 1. The SMILES string of the molecule is CC1CC(=O)NN=C1c1ccc(O)c(NC(=S)NC2CCCCC2)c1. The van der Waals surface area contributed by atoms with Crippen LogP contribution in [0, 0.1) is 5.92 Å². The maximum atomic E-state index is 11.4. The fourth-order valence-electron chi connectivity index (χ4n) is 3.39. The van der Waals surface area contributed by atoms with Crippen LogP contribution < -0.4 is 16.1 Å². The second-order valence-corrected chi connectivity index (χ2v) is 7.21. The van der Waals surface area contributed by atoms with Gasteiger partial charge >= 0.3 is 0 Å². The molecule has 4 N–H and O–H groups in total. The summed E-state index contributed by atoms with van der Waals surface area (Å²) in [5.41, 5.74) is 4.71. The molecule has 1 aliphatic carbocycles. The van der Waals surface area contributed by atoms with E-state index in [0.29, 0.717) is 23.3 Å². The number of phenolic OH excluding ortho intramolecular Hbond substituents is 1. The molecule has 6 nitrogen and oxygen atoms in total. The quantitative estimate of drug-likeness (QED) is 0.492. The summed E-state index contributed by atoms with van der Waals surface area (Å²) in [5, 5.41) is 21.2. The topological polar surface area (TPSA) is 85.8 Å². The molecule has 0 radical (unpaired) electrons. The lowest BCUT2D eigenvalue weighted by Crippen LogP contribution is -2.38. The van der Waals surface area contributed by atoms with Gasteiger partial charge in [0.15, 0.2) is 5.11 Å². The highest BCUT2D eigenvalue weighted by atomic mass is 32.1. The lowest BCUT2D eigenvalue weighted by Gasteiger charge is -2.25. The standard InChI is InChI=1S/C18H24N4O2S/c1-11-9-16(24)21-22-17(11)12-7-8-15(23)14(10-12)20-18(25)19-13-5-3-2-4-6-13/h7-8,10-11,13,23H,2-6,9H2,1H3,(H,21,24)(H2,19,20,25). The number of aromatic hydroxyl groups is 1. The van der Waals surface area contributed by atoms with Gasteiger partial charge in [0.25, 0.3) is 0 Å². The Hall–Kier alpha value is -2.15. The first kappa shape index (κ1) is 17.7. The monoisotopic (exact) mass is 360 g/mol. The van der Waals surface area contributed by atoms with E-state index < -0.39 is 0 Å². The molecule has 134 valence electrons. The summed E-state index contributed by atoms with van der Waals surface area (Å²) in [6, 6.07) is 5.63. The second-order valence-electron chi connectivity index (χ2n) is 6.80. The van der Waals surface area contributed by atoms with E-state index in [0.717, 1.165) is 24.1 Å². The summed E-state index contributed by atoms with van der Waals surface area (Å²) in [4.78, 5) is 11.4. The average molecular weight is 360 g/mol. The molecule has 2 aliphatic rings. The lowest BCUT2D eigenvalue weighted by molar-refractivity contribution is -0.121. The Labute approximate surface area is 153 Å². The molecular formula is C18H24N4O2S. The van der Waals surface area contributed by atoms with Crippen LogP contribution in [0.25, 0.3) is 0 Å². The Morgan fingerprint density at radius 1 is 1.32 bits per heavy atom. The number of hydrazone groups is 1. The largest absolute Gasteiger partial charge is 0.506 e. The zero-order valence-electron chi connectivity index (χ0n) is 14.3. The van der Waals surface area contributed by atoms with E-state index in [4.69, 9.17) is 12.2 Å². The molecule has 1 fully saturated rings. The molecule has 1 saturated carbocycles. The van der Waals surface area contributed by atoms with Crippen molar-refractivity contribution in [2.45, 2.75) is 51.5 Å². The minimum Gasteiger partial charge on any atom is -0.506 e. The molecule has 1 amide bonds. The Bertz CT molecular complexity index is 698. The summed E-state index contributed by atoms with van der Waals surface area (Å²) >= 11 is 5.39. The molecule has 1 atom stereocenters. The van der Waals surface area contributed by atoms with Crippen LogP contribution in [0.3, 0.4) is 0 Å². The normalized spacial score (nSPS) is 21.2. The summed E-state index contributed by atoms with van der Waals surface area (Å²) in [6.45, 7) is 1.97. The fourth-order valence-corrected chi connectivity index (χ4v) is 3.67. The predicted molar refractivity (Wildman–Crippen MR) is 103 cm³/mol. The Balaban J connectivity index is 1.71. The van der Waals surface area contributed by atoms with E-state index in [1.54, 1.807) is 12.1 Å². The van der Waals surface area contributed by atoms with Crippen molar-refractivity contribution in [2.24, 2.45) is 11.0 Å². The maximum absolute atomic E-state index is 11.4. The summed E-state index contributed by atoms with van der Waals surface area (Å²) in [7, 11) is 0. The van der Waals surface area contributed by atoms with Crippen molar-refractivity contribution in [3.63, 3.8) is 0 Å². The smallest absolute Gasteiger partial charge is 0.240 e. The number of hydrogen-bond acceptors (Lipinski definition) is 4. The molecule has 1 unspecified atom stereocenters. The zero-order valence-corrected chi connectivity index (χ0v) is 15.2. The molecule has 0 spiro atoms. The number of nitrogens with zero attached hydrogens (tertiary/aromatic N) is 1. The predicted octanol–water partition coefficient (Wildman–Crippen LogP) is 2.87. The maximum Gasteiger partial charge on any atom is 0.240 e. The fraction of sp³-hybridized carbons (Fsp3) is 0.500. The molecule has 0 bridgehead atoms. The van der Waals surface area contributed by atoms with Crippen molar-refractivity contribution in [3.8, 4) is 5.75 Å². The van der Waals surface area contributed by atoms with Crippen LogP contribution in [0.1, 0.15) is 51.0 Å². The third-order valence-electron chi connectivity index (χ3n) is 4.74. The number of amides is 1. The molecule has 1 aliphatic heterocycles. The number of phenols is 1. The summed E-state index contributed by atoms with van der Waals surface area (Å²) in [6.07, 6.45) is 6.40. The molecule has 7 heteroatoms. The van der Waals surface area contributed by atoms with E-state index in [1.807, 2.05) is 13.0 Å². The Morgan fingerprint density at radius 2 is 2.08 bits per heavy atom. The first-order chi connectivity index (χ1) is 12.0. The number of rotatable bonds is 3. The number of anilines is 1. The van der Waals surface area contributed by atoms with E-state index in [1.165, 1.54) is 19.3 Å². The number of benzene rings is 1. The molecular weight excluding hydrogens is 336 g/mol. The van der Waals surface area contributed by atoms with Gasteiger partial charge in [-0.25, -0.2) is 5.43 Å². The van der Waals surface area contributed by atoms with Gasteiger partial charge < -0.3 is 15.7 Å². The van der Waals surface area contributed by atoms with Crippen LogP contribution >= 0.6 is 12.2 Å². The highest BCUT2D eigenvalue weighted by Crippen LogP contribution is 2.27. The lowest BCUT2D eigenvalue weighted by atomic mass is 9.94. The first-order valence-corrected chi connectivity index (χ1v) is 9.21. The van der Waals surface area contributed by atoms with Gasteiger partial charge in [-0.2, -0.15) is 5.10 Å². The zero-order chi connectivity index (χ0) is 17.8. The van der Waals surface area contributed by atoms with Gasteiger partial charge in [0.1, 0.15) is 5.75 Å². The molecule has 1 aromatic rings. The van der Waals surface area contributed by atoms with Crippen molar-refractivity contribution in [1.29, 1.82) is 0 Å². The van der Waals surface area contributed by atoms with E-state index >= 15 is 0 Å². The number of thiocarbonyl (C=S) groups is 1. The second kappa shape index (κ2) is 7.82. The minimum atomic E-state index is -0.0776. The van der Waals surface area contributed by atoms with Crippen molar-refractivity contribution in [3.05, 3.63) is 23.8 Å². The molecule has 1 aromatic carbocycles. The molecule has 3 rings (SSSR count). The summed E-state index contributed by atoms with van der Waals surface area (Å²) < 4.78 is 0. The molecule has 25 heavy (non-hydrogen) atoms. The van der Waals surface area contributed by atoms with Gasteiger partial charge in [-0.3, -0.25) is 4.79 Å². The van der Waals surface area contributed by atoms with Crippen molar-refractivity contribution in [1.82, 2.24) is 10.7 Å². The van der Waals surface area contributed by atoms with Crippen LogP contribution in [0.5, 0.6) is 5.75 Å². The van der Waals surface area contributed by atoms with E-state index in [-0.39, 0.29) is 17.6 Å². The van der Waals surface area contributed by atoms with Gasteiger partial charge in [0.2, 0.25) is 5.91 Å². The molecule has 0 saturated heterocycles. The average Bonchev–Trinajstić information content (AvgIpc) is 2.58. The molecule has 1 heterocycles. The van der Waals surface area contributed by atoms with Crippen LogP contribution in [-0.4, -0.2) is 27.9 Å². The first-order valence-electron chi connectivity index (χ1n) is 8.80. The van der Waals surface area contributed by atoms with Crippen LogP contribution in [0.4, 0.5) is 5.69 Å². The minimum absolute atomic E-state index is 0.0264. The van der Waals surface area contributed by atoms with E-state index in [2.05, 4.69) is 21.2 Å². The third kappa shape index (κ3) is 4.48. The van der Waals surface area contributed by atoms with Crippen molar-refractivity contribution >= 4 is 34.6 Å². The Kier molecular flexibility index (Phi) is 5.53. The van der Waals surface area contributed by atoms with Gasteiger partial charge in [0.05, 0.1) is 11.4 Å². The van der Waals surface area contributed by atoms with Gasteiger partial charge in [-0.05, 0) is 43.3 Å². The Morgan fingerprint density at radius 3 is 2.80 bits per heavy atom.